The Morgan fingerprint density at radius 3 is 2.20 bits per heavy atom. The number of para-hydroxylation sites is 2. The van der Waals surface area contributed by atoms with Crippen molar-refractivity contribution in [1.82, 2.24) is 5.32 Å². The molecule has 0 fully saturated rings. The summed E-state index contributed by atoms with van der Waals surface area (Å²) in [6, 6.07) is 12.1. The summed E-state index contributed by atoms with van der Waals surface area (Å²) in [6.07, 6.45) is 0. The lowest BCUT2D eigenvalue weighted by molar-refractivity contribution is 0.247. The van der Waals surface area contributed by atoms with Crippen molar-refractivity contribution in [3.63, 3.8) is 0 Å². The molecule has 0 bridgehead atoms. The van der Waals surface area contributed by atoms with Gasteiger partial charge in [0, 0.05) is 18.2 Å². The fourth-order valence-corrected chi connectivity index (χ4v) is 2.11. The minimum Gasteiger partial charge on any atom is -0.496 e. The van der Waals surface area contributed by atoms with Crippen LogP contribution in [-0.4, -0.2) is 40.5 Å². The summed E-state index contributed by atoms with van der Waals surface area (Å²) >= 11 is 0. The quantitative estimate of drug-likeness (QED) is 0.719. The van der Waals surface area contributed by atoms with Gasteiger partial charge in [-0.25, -0.2) is 4.79 Å². The fraction of sp³-hybridized carbons (Fsp3) is 0.278. The zero-order valence-corrected chi connectivity index (χ0v) is 14.5. The van der Waals surface area contributed by atoms with Crippen LogP contribution in [-0.2, 0) is 0 Å². The summed E-state index contributed by atoms with van der Waals surface area (Å²) in [5.74, 6) is 2.47. The average molecular weight is 346 g/mol. The van der Waals surface area contributed by atoms with Gasteiger partial charge in [0.15, 0.2) is 0 Å². The minimum atomic E-state index is -0.337. The van der Waals surface area contributed by atoms with Crippen molar-refractivity contribution in [2.45, 2.75) is 0 Å². The van der Waals surface area contributed by atoms with Crippen LogP contribution in [0.4, 0.5) is 10.5 Å². The van der Waals surface area contributed by atoms with Crippen molar-refractivity contribution in [2.75, 3.05) is 39.8 Å². The Bertz CT molecular complexity index is 683. The maximum atomic E-state index is 11.9. The number of carbonyl (C=O) groups excluding carboxylic acids is 1. The van der Waals surface area contributed by atoms with E-state index in [0.29, 0.717) is 41.8 Å². The Labute approximate surface area is 146 Å². The van der Waals surface area contributed by atoms with E-state index in [1.54, 1.807) is 51.7 Å². The first-order valence-electron chi connectivity index (χ1n) is 7.70. The third-order valence-corrected chi connectivity index (χ3v) is 3.34. The molecule has 0 saturated carbocycles. The maximum Gasteiger partial charge on any atom is 0.319 e. The summed E-state index contributed by atoms with van der Waals surface area (Å²) < 4.78 is 21.1. The number of benzene rings is 2. The molecule has 2 aromatic carbocycles. The molecule has 2 amide bonds. The van der Waals surface area contributed by atoms with Gasteiger partial charge < -0.3 is 29.6 Å². The molecule has 0 saturated heterocycles. The van der Waals surface area contributed by atoms with Gasteiger partial charge >= 0.3 is 6.03 Å². The normalized spacial score (nSPS) is 9.88. The monoisotopic (exact) mass is 346 g/mol. The highest BCUT2D eigenvalue weighted by molar-refractivity contribution is 5.90. The molecule has 0 aliphatic carbocycles. The highest BCUT2D eigenvalue weighted by Crippen LogP contribution is 2.27. The second kappa shape index (κ2) is 9.27. The molecule has 7 heteroatoms. The van der Waals surface area contributed by atoms with Crippen LogP contribution >= 0.6 is 0 Å². The Morgan fingerprint density at radius 1 is 0.920 bits per heavy atom. The summed E-state index contributed by atoms with van der Waals surface area (Å²) in [7, 11) is 4.69. The van der Waals surface area contributed by atoms with Crippen LogP contribution in [0, 0.1) is 0 Å². The summed E-state index contributed by atoms with van der Waals surface area (Å²) in [5.41, 5.74) is 0.598. The molecule has 0 unspecified atom stereocenters. The van der Waals surface area contributed by atoms with E-state index in [4.69, 9.17) is 18.9 Å². The van der Waals surface area contributed by atoms with Gasteiger partial charge in [0.1, 0.15) is 29.6 Å². The summed E-state index contributed by atoms with van der Waals surface area (Å²) in [6.45, 7) is 0.635. The predicted molar refractivity (Wildman–Crippen MR) is 95.1 cm³/mol. The van der Waals surface area contributed by atoms with Crippen LogP contribution in [0.5, 0.6) is 23.0 Å². The van der Waals surface area contributed by atoms with Gasteiger partial charge in [0.05, 0.1) is 33.6 Å². The third kappa shape index (κ3) is 5.49. The topological polar surface area (TPSA) is 78.0 Å². The molecule has 0 aromatic heterocycles. The number of hydrogen-bond donors (Lipinski definition) is 2. The van der Waals surface area contributed by atoms with Crippen LogP contribution in [0.15, 0.2) is 42.5 Å². The van der Waals surface area contributed by atoms with E-state index < -0.39 is 0 Å². The molecule has 134 valence electrons. The van der Waals surface area contributed by atoms with E-state index in [0.717, 1.165) is 0 Å². The van der Waals surface area contributed by atoms with E-state index in [2.05, 4.69) is 10.6 Å². The Balaban J connectivity index is 1.80. The molecule has 0 heterocycles. The Hall–Kier alpha value is -3.09. The van der Waals surface area contributed by atoms with Crippen molar-refractivity contribution in [3.05, 3.63) is 42.5 Å². The van der Waals surface area contributed by atoms with Gasteiger partial charge in [-0.15, -0.1) is 0 Å². The lowest BCUT2D eigenvalue weighted by Gasteiger charge is -2.12. The second-order valence-electron chi connectivity index (χ2n) is 4.98. The number of rotatable bonds is 8. The van der Waals surface area contributed by atoms with Crippen molar-refractivity contribution >= 4 is 11.7 Å². The van der Waals surface area contributed by atoms with E-state index >= 15 is 0 Å². The largest absolute Gasteiger partial charge is 0.496 e. The SMILES string of the molecule is COc1cc(OC)cc(OCCNC(=O)Nc2ccccc2OC)c1. The van der Waals surface area contributed by atoms with Gasteiger partial charge in [-0.2, -0.15) is 0 Å². The zero-order chi connectivity index (χ0) is 18.1. The first-order chi connectivity index (χ1) is 12.2. The second-order valence-corrected chi connectivity index (χ2v) is 4.98. The molecule has 2 N–H and O–H groups in total. The number of ether oxygens (including phenoxy) is 4. The first-order valence-corrected chi connectivity index (χ1v) is 7.70. The van der Waals surface area contributed by atoms with Gasteiger partial charge in [0.2, 0.25) is 0 Å². The maximum absolute atomic E-state index is 11.9. The number of urea groups is 1. The molecule has 0 aliphatic heterocycles. The predicted octanol–water partition coefficient (Wildman–Crippen LogP) is 2.91. The highest BCUT2D eigenvalue weighted by atomic mass is 16.5. The molecule has 7 nitrogen and oxygen atoms in total. The number of amides is 2. The number of methoxy groups -OCH3 is 3. The van der Waals surface area contributed by atoms with Crippen LogP contribution in [0.25, 0.3) is 0 Å². The molecule has 0 radical (unpaired) electrons. The van der Waals surface area contributed by atoms with Crippen LogP contribution in [0.3, 0.4) is 0 Å². The standard InChI is InChI=1S/C18H22N2O5/c1-22-13-10-14(23-2)12-15(11-13)25-9-8-19-18(21)20-16-6-4-5-7-17(16)24-3/h4-7,10-12H,8-9H2,1-3H3,(H2,19,20,21). The number of anilines is 1. The molecular formula is C18H22N2O5. The molecule has 25 heavy (non-hydrogen) atoms. The van der Waals surface area contributed by atoms with Gasteiger partial charge in [-0.3, -0.25) is 0 Å². The van der Waals surface area contributed by atoms with Crippen molar-refractivity contribution in [2.24, 2.45) is 0 Å². The number of carbonyl (C=O) groups is 1. The molecular weight excluding hydrogens is 324 g/mol. The number of nitrogens with one attached hydrogen (secondary N) is 2. The van der Waals surface area contributed by atoms with Gasteiger partial charge in [-0.05, 0) is 12.1 Å². The molecule has 0 spiro atoms. The van der Waals surface area contributed by atoms with Crippen LogP contribution in [0.1, 0.15) is 0 Å². The lowest BCUT2D eigenvalue weighted by atomic mass is 10.3. The van der Waals surface area contributed by atoms with Crippen molar-refractivity contribution < 1.29 is 23.7 Å². The number of hydrogen-bond acceptors (Lipinski definition) is 5. The smallest absolute Gasteiger partial charge is 0.319 e. The van der Waals surface area contributed by atoms with E-state index in [9.17, 15) is 4.79 Å². The van der Waals surface area contributed by atoms with Gasteiger partial charge in [-0.1, -0.05) is 12.1 Å². The van der Waals surface area contributed by atoms with Crippen LogP contribution in [0.2, 0.25) is 0 Å². The zero-order valence-electron chi connectivity index (χ0n) is 14.5. The molecule has 2 aromatic rings. The van der Waals surface area contributed by atoms with E-state index in [-0.39, 0.29) is 6.03 Å². The van der Waals surface area contributed by atoms with Crippen molar-refractivity contribution in [1.29, 1.82) is 0 Å². The Morgan fingerprint density at radius 2 is 1.56 bits per heavy atom. The first kappa shape index (κ1) is 18.3. The van der Waals surface area contributed by atoms with Crippen LogP contribution < -0.4 is 29.6 Å². The summed E-state index contributed by atoms with van der Waals surface area (Å²) in [4.78, 5) is 11.9. The minimum absolute atomic E-state index is 0.301. The highest BCUT2D eigenvalue weighted by Gasteiger charge is 2.06. The van der Waals surface area contributed by atoms with E-state index in [1.165, 1.54) is 0 Å². The van der Waals surface area contributed by atoms with E-state index in [1.807, 2.05) is 12.1 Å². The summed E-state index contributed by atoms with van der Waals surface area (Å²) in [5, 5.41) is 5.44. The van der Waals surface area contributed by atoms with Gasteiger partial charge in [0.25, 0.3) is 0 Å². The third-order valence-electron chi connectivity index (χ3n) is 3.34. The molecule has 2 rings (SSSR count). The molecule has 0 aliphatic rings. The molecule has 0 atom stereocenters. The van der Waals surface area contributed by atoms with Crippen molar-refractivity contribution in [3.8, 4) is 23.0 Å². The lowest BCUT2D eigenvalue weighted by Crippen LogP contribution is -2.32. The Kier molecular flexibility index (Phi) is 6.76. The average Bonchev–Trinajstić information content (AvgIpc) is 2.65. The fourth-order valence-electron chi connectivity index (χ4n) is 2.11.